The second-order valence-electron chi connectivity index (χ2n) is 11.4. The maximum atomic E-state index is 10.3. The Hall–Kier alpha value is -7.65. The Kier molecular flexibility index (Phi) is 6.83. The third-order valence-corrected chi connectivity index (χ3v) is 8.58. The van der Waals surface area contributed by atoms with Crippen LogP contribution in [0.4, 0.5) is 0 Å². The first-order chi connectivity index (χ1) is 24.1. The normalized spacial score (nSPS) is 10.8. The average Bonchev–Trinajstić information content (AvgIpc) is 3.63. The molecule has 0 unspecified atom stereocenters. The molecule has 0 saturated heterocycles. The van der Waals surface area contributed by atoms with Crippen molar-refractivity contribution in [1.29, 1.82) is 21.0 Å². The molecule has 8 rings (SSSR count). The van der Waals surface area contributed by atoms with Gasteiger partial charge in [-0.25, -0.2) is 4.98 Å². The van der Waals surface area contributed by atoms with Crippen LogP contribution in [0.1, 0.15) is 22.3 Å². The van der Waals surface area contributed by atoms with E-state index in [1.807, 2.05) is 97.1 Å². The summed E-state index contributed by atoms with van der Waals surface area (Å²) in [6.07, 6.45) is 0. The van der Waals surface area contributed by atoms with E-state index in [0.717, 1.165) is 44.1 Å². The standard InChI is InChI=1S/C41H20N8/c42-21-25-11-13-27(14-12-25)29-15-16-33-36(19-29)46-39(28-7-3-1-4-8-28)35-20-34(37-30(23-44)17-26(22-43)18-31(37)24-45)40-41(38(33)35)48-49(47-40)32-9-5-2-6-10-32/h1-20H. The second kappa shape index (κ2) is 11.6. The zero-order valence-electron chi connectivity index (χ0n) is 25.6. The van der Waals surface area contributed by atoms with Crippen molar-refractivity contribution in [3.8, 4) is 63.5 Å². The van der Waals surface area contributed by atoms with Crippen molar-refractivity contribution >= 4 is 32.7 Å². The molecule has 0 radical (unpaired) electrons. The van der Waals surface area contributed by atoms with E-state index in [1.54, 1.807) is 16.9 Å². The highest BCUT2D eigenvalue weighted by atomic mass is 15.5. The number of hydrogen-bond acceptors (Lipinski definition) is 7. The number of benzene rings is 6. The van der Waals surface area contributed by atoms with Crippen molar-refractivity contribution in [1.82, 2.24) is 20.0 Å². The summed E-state index contributed by atoms with van der Waals surface area (Å²) in [7, 11) is 0. The van der Waals surface area contributed by atoms with Gasteiger partial charge in [0.2, 0.25) is 0 Å². The predicted octanol–water partition coefficient (Wildman–Crippen LogP) is 8.61. The van der Waals surface area contributed by atoms with E-state index in [-0.39, 0.29) is 16.7 Å². The number of rotatable bonds is 4. The lowest BCUT2D eigenvalue weighted by atomic mass is 9.89. The van der Waals surface area contributed by atoms with Crippen molar-refractivity contribution < 1.29 is 0 Å². The van der Waals surface area contributed by atoms with E-state index in [2.05, 4.69) is 24.3 Å². The number of nitrogens with zero attached hydrogens (tertiary/aromatic N) is 8. The monoisotopic (exact) mass is 624 g/mol. The number of hydrogen-bond donors (Lipinski definition) is 0. The van der Waals surface area contributed by atoms with E-state index in [0.29, 0.717) is 33.4 Å². The summed E-state index contributed by atoms with van der Waals surface area (Å²) in [4.78, 5) is 6.80. The van der Waals surface area contributed by atoms with Crippen LogP contribution < -0.4 is 0 Å². The van der Waals surface area contributed by atoms with E-state index >= 15 is 0 Å². The molecule has 0 aliphatic heterocycles. The first-order valence-corrected chi connectivity index (χ1v) is 15.3. The molecule has 49 heavy (non-hydrogen) atoms. The number of pyridine rings is 1. The molecule has 8 nitrogen and oxygen atoms in total. The van der Waals surface area contributed by atoms with Gasteiger partial charge in [-0.15, -0.1) is 10.2 Å². The number of nitriles is 4. The second-order valence-corrected chi connectivity index (χ2v) is 11.4. The number of fused-ring (bicyclic) bond motifs is 5. The number of para-hydroxylation sites is 1. The van der Waals surface area contributed by atoms with Crippen LogP contribution >= 0.6 is 0 Å². The van der Waals surface area contributed by atoms with Crippen molar-refractivity contribution in [2.45, 2.75) is 0 Å². The third-order valence-electron chi connectivity index (χ3n) is 8.58. The Balaban J connectivity index is 1.54. The van der Waals surface area contributed by atoms with Gasteiger partial charge in [-0.3, -0.25) is 0 Å². The van der Waals surface area contributed by atoms with Crippen molar-refractivity contribution in [3.63, 3.8) is 0 Å². The molecule has 0 aliphatic rings. The van der Waals surface area contributed by atoms with Crippen LogP contribution in [-0.2, 0) is 0 Å². The molecule has 0 amide bonds. The SMILES string of the molecule is N#Cc1ccc(-c2ccc3c(c2)nc(-c2ccccc2)c2cc(-c4c(C#N)cc(C#N)cc4C#N)c4nn(-c5ccccc5)nc4c23)cc1. The van der Waals surface area contributed by atoms with Gasteiger partial charge >= 0.3 is 0 Å². The molecule has 6 aromatic carbocycles. The van der Waals surface area contributed by atoms with E-state index in [1.165, 1.54) is 12.1 Å². The summed E-state index contributed by atoms with van der Waals surface area (Å²) in [5, 5.41) is 52.0. The summed E-state index contributed by atoms with van der Waals surface area (Å²) < 4.78 is 0. The summed E-state index contributed by atoms with van der Waals surface area (Å²) in [5.41, 5.74) is 8.12. The molecule has 0 bridgehead atoms. The summed E-state index contributed by atoms with van der Waals surface area (Å²) in [6.45, 7) is 0. The largest absolute Gasteiger partial charge is 0.247 e. The molecule has 224 valence electrons. The first-order valence-electron chi connectivity index (χ1n) is 15.3. The van der Waals surface area contributed by atoms with Gasteiger partial charge in [0.1, 0.15) is 11.0 Å². The smallest absolute Gasteiger partial charge is 0.122 e. The van der Waals surface area contributed by atoms with E-state index in [4.69, 9.17) is 15.2 Å². The Morgan fingerprint density at radius 3 is 1.80 bits per heavy atom. The maximum absolute atomic E-state index is 10.3. The van der Waals surface area contributed by atoms with Crippen LogP contribution in [0.3, 0.4) is 0 Å². The summed E-state index contributed by atoms with van der Waals surface area (Å²) in [6, 6.07) is 46.5. The fraction of sp³-hybridized carbons (Fsp3) is 0. The lowest BCUT2D eigenvalue weighted by Crippen LogP contribution is -1.98. The Morgan fingerprint density at radius 2 is 1.14 bits per heavy atom. The molecule has 0 N–H and O–H groups in total. The molecule has 8 aromatic rings. The molecule has 0 aliphatic carbocycles. The van der Waals surface area contributed by atoms with Crippen LogP contribution in [0.2, 0.25) is 0 Å². The van der Waals surface area contributed by atoms with Gasteiger partial charge in [-0.2, -0.15) is 25.8 Å². The van der Waals surface area contributed by atoms with Gasteiger partial charge in [0.15, 0.2) is 0 Å². The van der Waals surface area contributed by atoms with Gasteiger partial charge in [-0.05, 0) is 59.7 Å². The van der Waals surface area contributed by atoms with Gasteiger partial charge in [-0.1, -0.05) is 72.8 Å². The van der Waals surface area contributed by atoms with Crippen LogP contribution in [0.25, 0.3) is 71.9 Å². The molecule has 0 saturated carbocycles. The Labute approximate surface area is 280 Å². The van der Waals surface area contributed by atoms with Gasteiger partial charge in [0.25, 0.3) is 0 Å². The maximum Gasteiger partial charge on any atom is 0.122 e. The fourth-order valence-electron chi connectivity index (χ4n) is 6.32. The van der Waals surface area contributed by atoms with E-state index < -0.39 is 0 Å². The van der Waals surface area contributed by atoms with Gasteiger partial charge < -0.3 is 0 Å². The van der Waals surface area contributed by atoms with Crippen LogP contribution in [0.5, 0.6) is 0 Å². The zero-order valence-corrected chi connectivity index (χ0v) is 25.6. The van der Waals surface area contributed by atoms with Crippen molar-refractivity contribution in [2.75, 3.05) is 0 Å². The zero-order chi connectivity index (χ0) is 33.5. The highest BCUT2D eigenvalue weighted by Gasteiger charge is 2.24. The first kappa shape index (κ1) is 28.8. The summed E-state index contributed by atoms with van der Waals surface area (Å²) >= 11 is 0. The Bertz CT molecular complexity index is 2760. The predicted molar refractivity (Wildman–Crippen MR) is 187 cm³/mol. The molecule has 0 fully saturated rings. The van der Waals surface area contributed by atoms with Crippen molar-refractivity contribution in [3.05, 3.63) is 144 Å². The third kappa shape index (κ3) is 4.79. The molecule has 0 spiro atoms. The highest BCUT2D eigenvalue weighted by Crippen LogP contribution is 2.43. The van der Waals surface area contributed by atoms with Crippen LogP contribution in [0.15, 0.2) is 121 Å². The minimum Gasteiger partial charge on any atom is -0.247 e. The summed E-state index contributed by atoms with van der Waals surface area (Å²) in [5.74, 6) is 0. The fourth-order valence-corrected chi connectivity index (χ4v) is 6.32. The Morgan fingerprint density at radius 1 is 0.510 bits per heavy atom. The minimum absolute atomic E-state index is 0.188. The van der Waals surface area contributed by atoms with Gasteiger partial charge in [0.05, 0.1) is 63.4 Å². The van der Waals surface area contributed by atoms with Crippen molar-refractivity contribution in [2.24, 2.45) is 0 Å². The molecule has 2 heterocycles. The van der Waals surface area contributed by atoms with Crippen LogP contribution in [-0.4, -0.2) is 20.0 Å². The van der Waals surface area contributed by atoms with Gasteiger partial charge in [0, 0.05) is 32.8 Å². The van der Waals surface area contributed by atoms with E-state index in [9.17, 15) is 21.0 Å². The molecule has 2 aromatic heterocycles. The molecular weight excluding hydrogens is 605 g/mol. The molecule has 8 heteroatoms. The average molecular weight is 625 g/mol. The number of aromatic nitrogens is 4. The van der Waals surface area contributed by atoms with Crippen LogP contribution in [0, 0.1) is 45.3 Å². The molecule has 0 atom stereocenters. The lowest BCUT2D eigenvalue weighted by Gasteiger charge is -2.15. The highest BCUT2D eigenvalue weighted by molar-refractivity contribution is 6.24. The molecular formula is C41H20N8. The topological polar surface area (TPSA) is 139 Å². The lowest BCUT2D eigenvalue weighted by molar-refractivity contribution is 0.766. The minimum atomic E-state index is 0.188. The quantitative estimate of drug-likeness (QED) is 0.179.